The zero-order valence-corrected chi connectivity index (χ0v) is 83.8. The van der Waals surface area contributed by atoms with Gasteiger partial charge in [0.05, 0.1) is 33.8 Å². The zero-order valence-electron chi connectivity index (χ0n) is 83.8. The van der Waals surface area contributed by atoms with Gasteiger partial charge in [0.1, 0.15) is 0 Å². The normalized spacial score (nSPS) is 11.3. The molecule has 6 heterocycles. The molecule has 0 saturated heterocycles. The maximum atomic E-state index is 5.38. The number of pyridine rings is 5. The van der Waals surface area contributed by atoms with Crippen LogP contribution in [0.5, 0.6) is 0 Å². The molecule has 0 bridgehead atoms. The lowest BCUT2D eigenvalue weighted by Crippen LogP contribution is -2.00. The van der Waals surface area contributed by atoms with Crippen LogP contribution in [0, 0.1) is 48.5 Å². The lowest BCUT2D eigenvalue weighted by molar-refractivity contribution is 1.07. The summed E-state index contributed by atoms with van der Waals surface area (Å²) in [5.41, 5.74) is 41.9. The van der Waals surface area contributed by atoms with E-state index in [1.165, 1.54) is 109 Å². The summed E-state index contributed by atoms with van der Waals surface area (Å²) in [6.07, 6.45) is 5.68. The molecule has 0 fully saturated rings. The van der Waals surface area contributed by atoms with E-state index >= 15 is 0 Å². The average Bonchev–Trinajstić information content (AvgIpc) is 0.753. The second-order valence-corrected chi connectivity index (χ2v) is 39.1. The first-order chi connectivity index (χ1) is 73.1. The Kier molecular flexibility index (Phi) is 25.0. The van der Waals surface area contributed by atoms with Crippen molar-refractivity contribution in [3.63, 3.8) is 0 Å². The minimum atomic E-state index is 0.628. The van der Waals surface area contributed by atoms with Crippen molar-refractivity contribution in [2.45, 2.75) is 48.5 Å². The van der Waals surface area contributed by atoms with Crippen LogP contribution in [0.2, 0.25) is 0 Å². The highest BCUT2D eigenvalue weighted by molar-refractivity contribution is 6.16. The molecule has 0 saturated carbocycles. The quantitative estimate of drug-likeness (QED) is 0.0882. The van der Waals surface area contributed by atoms with E-state index in [9.17, 15) is 0 Å². The van der Waals surface area contributed by atoms with Crippen LogP contribution in [0.25, 0.3) is 255 Å². The lowest BCUT2D eigenvalue weighted by Gasteiger charge is -2.16. The molecule has 0 N–H and O–H groups in total. The standard InChI is InChI=1S/C50H38N2.C48H34N2.C43H30N4/c1-31-18-32(2)21-42(20-31)49-29-40(30-50(52-49)43-22-33(3)19-34(4)23-43)39-24-38(36-16-15-35-11-9-17-51-48(35)28-36)25-41(26-39)47-27-37-10-5-6-12-44(37)45-13-7-8-14-46(45)47;1-31-16-20-33(21-17-31)37-29-46(34-22-18-32(2)19-23-34)50-47(30-37)40-26-38(42-15-7-10-35-11-8-24-49-48(35)42)25-39(27-40)45-28-36-9-3-4-12-41(36)43-13-5-6-14-44(43)45;1-29-19-20-35(28-44-29)30-21-23-31(24-22-30)36-25-37(40-18-10-16-32-11-8-9-17-39(32)40)27-38(26-36)43-46-41(33-12-4-2-5-13-33)45-42(47-43)34-14-6-3-7-15-34/h5-30H,1-4H3;3-30H,1-2H3;2-28H,1H3. The molecule has 6 aromatic heterocycles. The van der Waals surface area contributed by atoms with Gasteiger partial charge >= 0.3 is 0 Å². The summed E-state index contributed by atoms with van der Waals surface area (Å²) in [5, 5.41) is 14.6. The van der Waals surface area contributed by atoms with Crippen molar-refractivity contribution in [3.05, 3.63) is 531 Å². The number of benzene rings is 20. The van der Waals surface area contributed by atoms with Gasteiger partial charge in [-0.25, -0.2) is 24.9 Å². The van der Waals surface area contributed by atoms with Gasteiger partial charge in [0.15, 0.2) is 17.5 Å². The maximum Gasteiger partial charge on any atom is 0.164 e. The molecule has 706 valence electrons. The number of aryl methyl sites for hydroxylation is 7. The molecule has 8 heteroatoms. The van der Waals surface area contributed by atoms with Crippen molar-refractivity contribution >= 4 is 75.7 Å². The fourth-order valence-corrected chi connectivity index (χ4v) is 21.1. The molecule has 0 atom stereocenters. The Labute approximate surface area is 868 Å². The van der Waals surface area contributed by atoms with Crippen LogP contribution in [0.15, 0.2) is 492 Å². The van der Waals surface area contributed by atoms with Crippen LogP contribution < -0.4 is 0 Å². The van der Waals surface area contributed by atoms with E-state index in [0.29, 0.717) is 17.5 Å². The Morgan fingerprint density at radius 2 is 0.497 bits per heavy atom. The molecule has 149 heavy (non-hydrogen) atoms. The van der Waals surface area contributed by atoms with Crippen molar-refractivity contribution in [3.8, 4) is 179 Å². The molecule has 20 aromatic carbocycles. The van der Waals surface area contributed by atoms with Crippen molar-refractivity contribution in [1.82, 2.24) is 39.9 Å². The molecular formula is C141H102N8. The van der Waals surface area contributed by atoms with Gasteiger partial charge in [-0.2, -0.15) is 0 Å². The van der Waals surface area contributed by atoms with Crippen LogP contribution in [-0.4, -0.2) is 39.9 Å². The second kappa shape index (κ2) is 40.3. The Bertz CT molecular complexity index is 9400. The molecule has 0 radical (unpaired) electrons. The number of aromatic nitrogens is 8. The number of hydrogen-bond donors (Lipinski definition) is 0. The van der Waals surface area contributed by atoms with Gasteiger partial charge in [-0.05, 0) is 331 Å². The number of fused-ring (bicyclic) bond motifs is 9. The monoisotopic (exact) mass is 1910 g/mol. The minimum Gasteiger partial charge on any atom is -0.261 e. The Morgan fingerprint density at radius 1 is 0.148 bits per heavy atom. The molecule has 0 aliphatic rings. The minimum absolute atomic E-state index is 0.628. The molecule has 26 aromatic rings. The van der Waals surface area contributed by atoms with Crippen molar-refractivity contribution in [2.75, 3.05) is 0 Å². The highest BCUT2D eigenvalue weighted by atomic mass is 15.0. The predicted octanol–water partition coefficient (Wildman–Crippen LogP) is 37.1. The van der Waals surface area contributed by atoms with Gasteiger partial charge in [-0.3, -0.25) is 15.0 Å². The van der Waals surface area contributed by atoms with Gasteiger partial charge in [-0.1, -0.05) is 367 Å². The number of para-hydroxylation sites is 1. The van der Waals surface area contributed by atoms with Crippen LogP contribution in [-0.2, 0) is 0 Å². The molecule has 0 spiro atoms. The van der Waals surface area contributed by atoms with Crippen molar-refractivity contribution < 1.29 is 0 Å². The highest BCUT2D eigenvalue weighted by Gasteiger charge is 2.23. The van der Waals surface area contributed by atoms with E-state index in [1.807, 2.05) is 104 Å². The van der Waals surface area contributed by atoms with Gasteiger partial charge < -0.3 is 0 Å². The molecule has 0 unspecified atom stereocenters. The average molecular weight is 1910 g/mol. The summed E-state index contributed by atoms with van der Waals surface area (Å²) in [6, 6.07) is 170. The third kappa shape index (κ3) is 19.5. The molecule has 26 rings (SSSR count). The molecular weight excluding hydrogens is 1810 g/mol. The van der Waals surface area contributed by atoms with Crippen LogP contribution in [0.1, 0.15) is 39.1 Å². The van der Waals surface area contributed by atoms with Crippen LogP contribution in [0.3, 0.4) is 0 Å². The van der Waals surface area contributed by atoms with Crippen molar-refractivity contribution in [1.29, 1.82) is 0 Å². The third-order valence-corrected chi connectivity index (χ3v) is 28.4. The highest BCUT2D eigenvalue weighted by Crippen LogP contribution is 2.47. The summed E-state index contributed by atoms with van der Waals surface area (Å²) < 4.78 is 0. The van der Waals surface area contributed by atoms with E-state index in [-0.39, 0.29) is 0 Å². The fraction of sp³-hybridized carbons (Fsp3) is 0.0496. The van der Waals surface area contributed by atoms with E-state index < -0.39 is 0 Å². The third-order valence-electron chi connectivity index (χ3n) is 28.4. The summed E-state index contributed by atoms with van der Waals surface area (Å²) in [6.45, 7) is 14.9. The number of rotatable bonds is 16. The first kappa shape index (κ1) is 92.4. The fourth-order valence-electron chi connectivity index (χ4n) is 21.1. The van der Waals surface area contributed by atoms with E-state index in [1.54, 1.807) is 0 Å². The Hall–Kier alpha value is -19.0. The smallest absolute Gasteiger partial charge is 0.164 e. The van der Waals surface area contributed by atoms with Gasteiger partial charge in [0, 0.05) is 85.1 Å². The molecule has 8 nitrogen and oxygen atoms in total. The first-order valence-electron chi connectivity index (χ1n) is 50.8. The topological polar surface area (TPSA) is 103 Å². The summed E-state index contributed by atoms with van der Waals surface area (Å²) in [4.78, 5) is 39.8. The predicted molar refractivity (Wildman–Crippen MR) is 624 cm³/mol. The lowest BCUT2D eigenvalue weighted by atomic mass is 9.88. The van der Waals surface area contributed by atoms with Crippen LogP contribution in [0.4, 0.5) is 0 Å². The maximum absolute atomic E-state index is 5.38. The SMILES string of the molecule is Cc1cc(C)cc(-c2cc(-c3cc(-c4ccc5cccnc5c4)cc(-c4cc5ccccc5c5ccccc45)c3)cc(-c3cc(C)cc(C)c3)n2)c1.Cc1ccc(-c2cc(-c3ccc(C)cc3)nc(-c3cc(-c4cc5ccccc5c5ccccc45)cc(-c4cccc5cccnc45)c3)c2)cc1.Cc1ccc(-c2ccc(-c3cc(-c4nc(-c5ccccc5)nc(-c5ccccc5)n4)cc(-c4cccc5ccccc45)c3)cc2)cn1. The van der Waals surface area contributed by atoms with E-state index in [0.717, 1.165) is 167 Å². The van der Waals surface area contributed by atoms with E-state index in [2.05, 4.69) is 441 Å². The van der Waals surface area contributed by atoms with Gasteiger partial charge in [0.2, 0.25) is 0 Å². The molecule has 0 aliphatic heterocycles. The number of hydrogen-bond acceptors (Lipinski definition) is 8. The molecule has 0 amide bonds. The first-order valence-corrected chi connectivity index (χ1v) is 50.8. The van der Waals surface area contributed by atoms with Crippen LogP contribution >= 0.6 is 0 Å². The summed E-state index contributed by atoms with van der Waals surface area (Å²) in [7, 11) is 0. The summed E-state index contributed by atoms with van der Waals surface area (Å²) in [5.74, 6) is 1.91. The Morgan fingerprint density at radius 3 is 1.04 bits per heavy atom. The second-order valence-electron chi connectivity index (χ2n) is 39.1. The largest absolute Gasteiger partial charge is 0.261 e. The van der Waals surface area contributed by atoms with Gasteiger partial charge in [0.25, 0.3) is 0 Å². The number of nitrogens with zero attached hydrogens (tertiary/aromatic N) is 8. The van der Waals surface area contributed by atoms with Gasteiger partial charge in [-0.15, -0.1) is 0 Å². The van der Waals surface area contributed by atoms with E-state index in [4.69, 9.17) is 34.9 Å². The molecule has 0 aliphatic carbocycles. The summed E-state index contributed by atoms with van der Waals surface area (Å²) >= 11 is 0. The van der Waals surface area contributed by atoms with Crippen molar-refractivity contribution in [2.24, 2.45) is 0 Å². The Balaban J connectivity index is 0.000000119. The zero-order chi connectivity index (χ0) is 101.